The Morgan fingerprint density at radius 3 is 2.59 bits per heavy atom. The van der Waals surface area contributed by atoms with Crippen molar-refractivity contribution in [3.8, 4) is 11.3 Å². The van der Waals surface area contributed by atoms with Crippen LogP contribution in [-0.4, -0.2) is 9.78 Å². The normalized spacial score (nSPS) is 10.5. The summed E-state index contributed by atoms with van der Waals surface area (Å²) in [6.45, 7) is 1.37. The highest BCUT2D eigenvalue weighted by molar-refractivity contribution is 7.10. The summed E-state index contributed by atoms with van der Waals surface area (Å²) in [6, 6.07) is 13.4. The number of thiophene rings is 1. The molecule has 0 saturated heterocycles. The van der Waals surface area contributed by atoms with E-state index >= 15 is 0 Å². The molecule has 3 rings (SSSR count). The maximum absolute atomic E-state index is 12.9. The zero-order chi connectivity index (χ0) is 14.7. The lowest BCUT2D eigenvalue weighted by molar-refractivity contribution is 0.657. The summed E-state index contributed by atoms with van der Waals surface area (Å²) >= 11 is 1.18. The Labute approximate surface area is 139 Å². The molecule has 116 valence electrons. The van der Waals surface area contributed by atoms with Gasteiger partial charge in [-0.15, -0.1) is 23.7 Å². The first-order valence-electron chi connectivity index (χ1n) is 6.75. The summed E-state index contributed by atoms with van der Waals surface area (Å²) in [5, 5.41) is 7.73. The van der Waals surface area contributed by atoms with Crippen molar-refractivity contribution in [1.82, 2.24) is 15.1 Å². The minimum absolute atomic E-state index is 0. The predicted octanol–water partition coefficient (Wildman–Crippen LogP) is 4.00. The Morgan fingerprint density at radius 1 is 1.14 bits per heavy atom. The zero-order valence-electron chi connectivity index (χ0n) is 12.1. The molecule has 0 bridgehead atoms. The number of rotatable bonds is 5. The molecule has 1 aromatic carbocycles. The summed E-state index contributed by atoms with van der Waals surface area (Å²) in [5.41, 5.74) is 3.24. The van der Waals surface area contributed by atoms with Crippen molar-refractivity contribution < 1.29 is 4.39 Å². The summed E-state index contributed by atoms with van der Waals surface area (Å²) in [4.78, 5) is 0.998. The molecule has 0 fully saturated rings. The Kier molecular flexibility index (Phi) is 5.71. The molecule has 22 heavy (non-hydrogen) atoms. The molecule has 3 aromatic rings. The Morgan fingerprint density at radius 2 is 1.91 bits per heavy atom. The Bertz CT molecular complexity index is 724. The first-order valence-corrected chi connectivity index (χ1v) is 7.57. The van der Waals surface area contributed by atoms with Crippen LogP contribution < -0.4 is 5.32 Å². The molecule has 0 radical (unpaired) electrons. The van der Waals surface area contributed by atoms with Gasteiger partial charge in [0, 0.05) is 42.3 Å². The van der Waals surface area contributed by atoms with E-state index in [1.807, 2.05) is 42.2 Å². The smallest absolute Gasteiger partial charge is 0.176 e. The van der Waals surface area contributed by atoms with Gasteiger partial charge in [0.2, 0.25) is 0 Å². The number of halogens is 2. The molecule has 1 N–H and O–H groups in total. The van der Waals surface area contributed by atoms with Gasteiger partial charge in [-0.2, -0.15) is 9.49 Å². The monoisotopic (exact) mass is 337 g/mol. The number of nitrogens with one attached hydrogen (secondary N) is 1. The molecule has 0 saturated carbocycles. The van der Waals surface area contributed by atoms with Crippen LogP contribution in [0.5, 0.6) is 0 Å². The van der Waals surface area contributed by atoms with Crippen LogP contribution in [0.1, 0.15) is 10.4 Å². The molecule has 0 aliphatic heterocycles. The van der Waals surface area contributed by atoms with Gasteiger partial charge in [0.25, 0.3) is 0 Å². The van der Waals surface area contributed by atoms with Crippen molar-refractivity contribution in [3.63, 3.8) is 0 Å². The molecular weight excluding hydrogens is 321 g/mol. The Hall–Kier alpha value is -1.69. The lowest BCUT2D eigenvalue weighted by atomic mass is 10.1. The van der Waals surface area contributed by atoms with Gasteiger partial charge >= 0.3 is 0 Å². The molecule has 2 heterocycles. The highest BCUT2D eigenvalue weighted by Crippen LogP contribution is 2.21. The van der Waals surface area contributed by atoms with Crippen molar-refractivity contribution in [2.45, 2.75) is 13.1 Å². The third kappa shape index (κ3) is 3.94. The summed E-state index contributed by atoms with van der Waals surface area (Å²) in [5.74, 6) is 0. The number of benzene rings is 1. The second-order valence-electron chi connectivity index (χ2n) is 4.85. The third-order valence-electron chi connectivity index (χ3n) is 3.20. The van der Waals surface area contributed by atoms with Crippen LogP contribution in [0.2, 0.25) is 0 Å². The number of hydrogen-bond donors (Lipinski definition) is 1. The topological polar surface area (TPSA) is 29.9 Å². The number of hydrogen-bond acceptors (Lipinski definition) is 3. The van der Waals surface area contributed by atoms with E-state index in [0.29, 0.717) is 13.1 Å². The maximum atomic E-state index is 12.9. The molecule has 0 aliphatic rings. The fourth-order valence-corrected chi connectivity index (χ4v) is 2.97. The van der Waals surface area contributed by atoms with E-state index < -0.39 is 0 Å². The first-order chi connectivity index (χ1) is 10.2. The van der Waals surface area contributed by atoms with Crippen molar-refractivity contribution >= 4 is 23.7 Å². The van der Waals surface area contributed by atoms with Gasteiger partial charge in [-0.3, -0.25) is 4.68 Å². The zero-order valence-corrected chi connectivity index (χ0v) is 13.8. The third-order valence-corrected chi connectivity index (χ3v) is 4.07. The van der Waals surface area contributed by atoms with Crippen molar-refractivity contribution in [3.05, 3.63) is 64.2 Å². The number of nitrogens with zero attached hydrogens (tertiary/aromatic N) is 2. The van der Waals surface area contributed by atoms with Crippen LogP contribution in [-0.2, 0) is 20.1 Å². The van der Waals surface area contributed by atoms with Crippen LogP contribution in [0.3, 0.4) is 0 Å². The molecule has 0 spiro atoms. The summed E-state index contributed by atoms with van der Waals surface area (Å²) in [7, 11) is 1.92. The van der Waals surface area contributed by atoms with Gasteiger partial charge in [-0.1, -0.05) is 30.3 Å². The molecule has 0 amide bonds. The molecular formula is C16H17ClFN3S. The fourth-order valence-electron chi connectivity index (χ4n) is 2.27. The van der Waals surface area contributed by atoms with E-state index in [2.05, 4.69) is 22.5 Å². The van der Waals surface area contributed by atoms with E-state index in [1.54, 1.807) is 0 Å². The van der Waals surface area contributed by atoms with E-state index in [9.17, 15) is 4.39 Å². The van der Waals surface area contributed by atoms with E-state index in [-0.39, 0.29) is 17.5 Å². The average molecular weight is 338 g/mol. The average Bonchev–Trinajstić information content (AvgIpc) is 3.06. The van der Waals surface area contributed by atoms with Crippen molar-refractivity contribution in [2.75, 3.05) is 0 Å². The molecule has 0 aliphatic carbocycles. The molecule has 6 heteroatoms. The van der Waals surface area contributed by atoms with Crippen molar-refractivity contribution in [2.24, 2.45) is 7.05 Å². The van der Waals surface area contributed by atoms with Gasteiger partial charge in [-0.25, -0.2) is 0 Å². The van der Waals surface area contributed by atoms with E-state index in [1.165, 1.54) is 17.4 Å². The fraction of sp³-hybridized carbons (Fsp3) is 0.188. The minimum Gasteiger partial charge on any atom is -0.308 e. The van der Waals surface area contributed by atoms with Crippen LogP contribution in [0, 0.1) is 5.13 Å². The quantitative estimate of drug-likeness (QED) is 0.762. The highest BCUT2D eigenvalue weighted by atomic mass is 35.5. The second kappa shape index (κ2) is 7.54. The van der Waals surface area contributed by atoms with Crippen molar-refractivity contribution in [1.29, 1.82) is 0 Å². The van der Waals surface area contributed by atoms with Gasteiger partial charge in [0.05, 0.1) is 5.69 Å². The summed E-state index contributed by atoms with van der Waals surface area (Å²) in [6.07, 6.45) is 2.02. The lowest BCUT2D eigenvalue weighted by Crippen LogP contribution is -2.11. The number of aryl methyl sites for hydroxylation is 1. The van der Waals surface area contributed by atoms with Gasteiger partial charge in [0.1, 0.15) is 0 Å². The van der Waals surface area contributed by atoms with Gasteiger partial charge in [-0.05, 0) is 12.1 Å². The van der Waals surface area contributed by atoms with Gasteiger partial charge in [0.15, 0.2) is 5.13 Å². The molecule has 0 atom stereocenters. The lowest BCUT2D eigenvalue weighted by Gasteiger charge is -2.04. The maximum Gasteiger partial charge on any atom is 0.176 e. The highest BCUT2D eigenvalue weighted by Gasteiger charge is 2.09. The minimum atomic E-state index is -0.141. The molecule has 3 nitrogen and oxygen atoms in total. The largest absolute Gasteiger partial charge is 0.308 e. The molecule has 0 unspecified atom stereocenters. The van der Waals surface area contributed by atoms with E-state index in [4.69, 9.17) is 0 Å². The molecule has 2 aromatic heterocycles. The number of aromatic nitrogens is 2. The van der Waals surface area contributed by atoms with Crippen LogP contribution in [0.15, 0.2) is 48.7 Å². The SMILES string of the molecule is Cl.Cn1cc(CNCc2ccc(F)s2)c(-c2ccccc2)n1. The first kappa shape index (κ1) is 16.7. The van der Waals surface area contributed by atoms with Crippen LogP contribution >= 0.6 is 23.7 Å². The predicted molar refractivity (Wildman–Crippen MR) is 90.7 cm³/mol. The van der Waals surface area contributed by atoms with Crippen LogP contribution in [0.4, 0.5) is 4.39 Å². The van der Waals surface area contributed by atoms with E-state index in [0.717, 1.165) is 21.7 Å². The standard InChI is InChI=1S/C16H16FN3S.ClH/c1-20-11-13(9-18-10-14-7-8-15(17)21-14)16(19-20)12-5-3-2-4-6-12;/h2-8,11,18H,9-10H2,1H3;1H. The second-order valence-corrected chi connectivity index (χ2v) is 5.97. The van der Waals surface area contributed by atoms with Gasteiger partial charge < -0.3 is 5.32 Å². The Balaban J connectivity index is 0.00000176. The summed E-state index contributed by atoms with van der Waals surface area (Å²) < 4.78 is 14.8. The van der Waals surface area contributed by atoms with Crippen LogP contribution in [0.25, 0.3) is 11.3 Å².